The topological polar surface area (TPSA) is 86.3 Å². The van der Waals surface area contributed by atoms with E-state index in [2.05, 4.69) is 31.9 Å². The van der Waals surface area contributed by atoms with Gasteiger partial charge in [0.1, 0.15) is 9.85 Å². The van der Waals surface area contributed by atoms with Crippen molar-refractivity contribution in [2.24, 2.45) is 0 Å². The predicted octanol–water partition coefficient (Wildman–Crippen LogP) is 1.46. The fourth-order valence-corrected chi connectivity index (χ4v) is 0.784. The minimum absolute atomic E-state index is 0.282. The molecular formula is C2Br2N2O4. The molecule has 0 amide bonds. The van der Waals surface area contributed by atoms with E-state index in [1.165, 1.54) is 0 Å². The lowest BCUT2D eigenvalue weighted by molar-refractivity contribution is -0.615. The molecule has 0 unspecified atom stereocenters. The molecule has 0 aliphatic heterocycles. The Bertz CT molecular complexity index is 191. The van der Waals surface area contributed by atoms with Crippen molar-refractivity contribution >= 4 is 31.9 Å². The Balaban J connectivity index is 4.79. The molecule has 0 fully saturated rings. The molecule has 0 N–H and O–H groups in total. The Morgan fingerprint density at radius 1 is 1.10 bits per heavy atom. The molecule has 56 valence electrons. The third-order valence-corrected chi connectivity index (χ3v) is 1.22. The summed E-state index contributed by atoms with van der Waals surface area (Å²) in [6, 6.07) is 0. The molecule has 10 heavy (non-hydrogen) atoms. The summed E-state index contributed by atoms with van der Waals surface area (Å²) in [6.45, 7) is 0. The molecule has 0 aromatic heterocycles. The van der Waals surface area contributed by atoms with E-state index in [-0.39, 0.29) is 3.39 Å². The van der Waals surface area contributed by atoms with E-state index >= 15 is 0 Å². The number of rotatable bonds is 2. The quantitative estimate of drug-likeness (QED) is 0.564. The fourth-order valence-electron chi connectivity index (χ4n) is 0.205. The van der Waals surface area contributed by atoms with Gasteiger partial charge in [0.25, 0.3) is 0 Å². The molecule has 0 atom stereocenters. The molecule has 0 saturated carbocycles. The Morgan fingerprint density at radius 2 is 1.40 bits per heavy atom. The Hall–Kier alpha value is -0.500. The maximum Gasteiger partial charge on any atom is 0.580 e. The summed E-state index contributed by atoms with van der Waals surface area (Å²) in [7, 11) is 0. The monoisotopic (exact) mass is 274 g/mol. The first-order valence-electron chi connectivity index (χ1n) is 1.81. The highest BCUT2D eigenvalue weighted by Gasteiger charge is 2.29. The van der Waals surface area contributed by atoms with Gasteiger partial charge in [-0.05, 0) is 31.9 Å². The van der Waals surface area contributed by atoms with Crippen LogP contribution < -0.4 is 0 Å². The second kappa shape index (κ2) is 3.62. The number of hydrogen-bond acceptors (Lipinski definition) is 4. The van der Waals surface area contributed by atoms with E-state index in [1.54, 1.807) is 0 Å². The van der Waals surface area contributed by atoms with Gasteiger partial charge >= 0.3 is 5.82 Å². The van der Waals surface area contributed by atoms with Crippen LogP contribution in [0.5, 0.6) is 0 Å². The maximum atomic E-state index is 9.83. The zero-order chi connectivity index (χ0) is 8.31. The van der Waals surface area contributed by atoms with Crippen LogP contribution in [-0.2, 0) is 0 Å². The molecule has 0 spiro atoms. The SMILES string of the molecule is O=[N+]([O-])C(=C(Br)Br)[N+](=O)[O-]. The Labute approximate surface area is 71.5 Å². The molecule has 0 aromatic carbocycles. The predicted molar refractivity (Wildman–Crippen MR) is 38.9 cm³/mol. The normalized spacial score (nSPS) is 8.60. The zero-order valence-electron chi connectivity index (χ0n) is 4.28. The molecular weight excluding hydrogens is 276 g/mol. The van der Waals surface area contributed by atoms with Gasteiger partial charge in [-0.3, -0.25) is 20.2 Å². The van der Waals surface area contributed by atoms with Gasteiger partial charge in [0.05, 0.1) is 0 Å². The van der Waals surface area contributed by atoms with Crippen LogP contribution in [0.15, 0.2) is 9.21 Å². The van der Waals surface area contributed by atoms with E-state index in [9.17, 15) is 20.2 Å². The zero-order valence-corrected chi connectivity index (χ0v) is 7.46. The van der Waals surface area contributed by atoms with Crippen molar-refractivity contribution in [3.63, 3.8) is 0 Å². The molecule has 0 aliphatic carbocycles. The minimum Gasteiger partial charge on any atom is -0.253 e. The summed E-state index contributed by atoms with van der Waals surface area (Å²) in [5, 5.41) is 19.7. The van der Waals surface area contributed by atoms with Crippen LogP contribution >= 0.6 is 31.9 Å². The summed E-state index contributed by atoms with van der Waals surface area (Å²) in [6.07, 6.45) is 0. The van der Waals surface area contributed by atoms with Gasteiger partial charge in [-0.15, -0.1) is 0 Å². The average molecular weight is 276 g/mol. The summed E-state index contributed by atoms with van der Waals surface area (Å²) in [5.41, 5.74) is 0. The second-order valence-electron chi connectivity index (χ2n) is 1.10. The number of nitro groups is 2. The highest BCUT2D eigenvalue weighted by molar-refractivity contribution is 9.28. The lowest BCUT2D eigenvalue weighted by Crippen LogP contribution is -2.09. The van der Waals surface area contributed by atoms with Crippen LogP contribution in [0.25, 0.3) is 0 Å². The van der Waals surface area contributed by atoms with E-state index < -0.39 is 15.7 Å². The summed E-state index contributed by atoms with van der Waals surface area (Å²) >= 11 is 5.11. The number of nitrogens with zero attached hydrogens (tertiary/aromatic N) is 2. The van der Waals surface area contributed by atoms with Crippen LogP contribution in [0.2, 0.25) is 0 Å². The van der Waals surface area contributed by atoms with E-state index in [4.69, 9.17) is 0 Å². The third-order valence-electron chi connectivity index (χ3n) is 0.515. The second-order valence-corrected chi connectivity index (χ2v) is 3.75. The van der Waals surface area contributed by atoms with E-state index in [0.29, 0.717) is 0 Å². The average Bonchev–Trinajstić information content (AvgIpc) is 1.59. The standard InChI is InChI=1S/C2Br2N2O4/c3-1(4)2(5(7)8)6(9)10. The van der Waals surface area contributed by atoms with Crippen molar-refractivity contribution in [2.45, 2.75) is 0 Å². The Morgan fingerprint density at radius 3 is 1.40 bits per heavy atom. The summed E-state index contributed by atoms with van der Waals surface area (Å²) in [5.74, 6) is -1.11. The van der Waals surface area contributed by atoms with Crippen molar-refractivity contribution in [1.29, 1.82) is 0 Å². The van der Waals surface area contributed by atoms with Crippen molar-refractivity contribution in [3.8, 4) is 0 Å². The smallest absolute Gasteiger partial charge is 0.253 e. The lowest BCUT2D eigenvalue weighted by atomic mass is 10.9. The van der Waals surface area contributed by atoms with Crippen LogP contribution in [0.3, 0.4) is 0 Å². The molecule has 0 aromatic rings. The highest BCUT2D eigenvalue weighted by Crippen LogP contribution is 2.19. The molecule has 8 heteroatoms. The molecule has 0 heterocycles. The molecule has 0 rings (SSSR count). The fraction of sp³-hybridized carbons (Fsp3) is 0. The molecule has 0 aliphatic rings. The molecule has 0 saturated heterocycles. The summed E-state index contributed by atoms with van der Waals surface area (Å²) < 4.78 is -0.282. The van der Waals surface area contributed by atoms with E-state index in [0.717, 1.165) is 0 Å². The van der Waals surface area contributed by atoms with E-state index in [1.807, 2.05) is 0 Å². The van der Waals surface area contributed by atoms with Gasteiger partial charge in [-0.25, -0.2) is 0 Å². The number of hydrogen-bond donors (Lipinski definition) is 0. The van der Waals surface area contributed by atoms with Crippen molar-refractivity contribution < 1.29 is 9.85 Å². The van der Waals surface area contributed by atoms with Gasteiger partial charge in [0.15, 0.2) is 0 Å². The molecule has 6 nitrogen and oxygen atoms in total. The summed E-state index contributed by atoms with van der Waals surface area (Å²) in [4.78, 5) is 17.5. The first-order valence-corrected chi connectivity index (χ1v) is 3.39. The largest absolute Gasteiger partial charge is 0.580 e. The molecule has 0 radical (unpaired) electrons. The van der Waals surface area contributed by atoms with Gasteiger partial charge in [0.2, 0.25) is 3.39 Å². The first-order chi connectivity index (χ1) is 4.46. The molecule has 0 bridgehead atoms. The van der Waals surface area contributed by atoms with Crippen molar-refractivity contribution in [2.75, 3.05) is 0 Å². The highest BCUT2D eigenvalue weighted by atomic mass is 79.9. The van der Waals surface area contributed by atoms with Crippen LogP contribution in [0.4, 0.5) is 0 Å². The van der Waals surface area contributed by atoms with Gasteiger partial charge in [-0.2, -0.15) is 0 Å². The van der Waals surface area contributed by atoms with Crippen molar-refractivity contribution in [3.05, 3.63) is 29.4 Å². The van der Waals surface area contributed by atoms with Crippen LogP contribution in [0, 0.1) is 20.2 Å². The van der Waals surface area contributed by atoms with Gasteiger partial charge in [-0.1, -0.05) is 0 Å². The van der Waals surface area contributed by atoms with Gasteiger partial charge < -0.3 is 0 Å². The maximum absolute atomic E-state index is 9.83. The van der Waals surface area contributed by atoms with Crippen LogP contribution in [-0.4, -0.2) is 9.85 Å². The van der Waals surface area contributed by atoms with Crippen molar-refractivity contribution in [1.82, 2.24) is 0 Å². The minimum atomic E-state index is -1.11. The Kier molecular flexibility index (Phi) is 3.43. The number of halogens is 2. The van der Waals surface area contributed by atoms with Gasteiger partial charge in [0, 0.05) is 0 Å². The first kappa shape index (κ1) is 9.50. The third kappa shape index (κ3) is 2.40. The van der Waals surface area contributed by atoms with Crippen LogP contribution in [0.1, 0.15) is 0 Å². The lowest BCUT2D eigenvalue weighted by Gasteiger charge is -1.85.